The molecule has 4 aromatic rings. The van der Waals surface area contributed by atoms with Crippen LogP contribution in [0.1, 0.15) is 54.1 Å². The largest absolute Gasteiger partial charge is 0.398 e. The molecule has 0 aromatic heterocycles. The molecule has 0 aliphatic rings. The third-order valence-corrected chi connectivity index (χ3v) is 5.53. The van der Waals surface area contributed by atoms with Gasteiger partial charge in [-0.3, -0.25) is 9.59 Å². The Hall–Kier alpha value is -4.18. The standard InChI is InChI=1S/2C15H15NO/c2*1-10-3-6-12(7-4-10)15(17)13-8-5-11(2)9-14(13)16/h2*3-9H,16H2,1-2H3. The van der Waals surface area contributed by atoms with Crippen LogP contribution >= 0.6 is 0 Å². The monoisotopic (exact) mass is 450 g/mol. The van der Waals surface area contributed by atoms with Crippen molar-refractivity contribution in [1.82, 2.24) is 0 Å². The van der Waals surface area contributed by atoms with Gasteiger partial charge < -0.3 is 11.5 Å². The normalized spacial score (nSPS) is 10.2. The summed E-state index contributed by atoms with van der Waals surface area (Å²) < 4.78 is 0. The van der Waals surface area contributed by atoms with Crippen LogP contribution in [0.2, 0.25) is 0 Å². The van der Waals surface area contributed by atoms with Crippen molar-refractivity contribution in [2.24, 2.45) is 0 Å². The first kappa shape index (κ1) is 24.5. The van der Waals surface area contributed by atoms with Gasteiger partial charge in [0.05, 0.1) is 0 Å². The molecule has 34 heavy (non-hydrogen) atoms. The summed E-state index contributed by atoms with van der Waals surface area (Å²) in [5.74, 6) is -0.0509. The molecule has 0 aliphatic carbocycles. The molecule has 4 nitrogen and oxygen atoms in total. The van der Waals surface area contributed by atoms with Gasteiger partial charge in [-0.2, -0.15) is 0 Å². The Balaban J connectivity index is 0.000000191. The molecule has 0 atom stereocenters. The first-order valence-corrected chi connectivity index (χ1v) is 11.1. The fraction of sp³-hybridized carbons (Fsp3) is 0.133. The van der Waals surface area contributed by atoms with Gasteiger partial charge in [0.15, 0.2) is 11.6 Å². The lowest BCUT2D eigenvalue weighted by Gasteiger charge is -2.06. The molecule has 0 aliphatic heterocycles. The van der Waals surface area contributed by atoms with Gasteiger partial charge in [0.25, 0.3) is 0 Å². The summed E-state index contributed by atoms with van der Waals surface area (Å²) in [5, 5.41) is 0. The molecule has 4 rings (SSSR count). The summed E-state index contributed by atoms with van der Waals surface area (Å²) in [6, 6.07) is 26.0. The zero-order valence-corrected chi connectivity index (χ0v) is 20.1. The number of nitrogen functional groups attached to an aromatic ring is 2. The minimum absolute atomic E-state index is 0.0255. The van der Waals surface area contributed by atoms with Crippen molar-refractivity contribution in [2.45, 2.75) is 27.7 Å². The second kappa shape index (κ2) is 10.6. The number of carbonyl (C=O) groups excluding carboxylic acids is 2. The highest BCUT2D eigenvalue weighted by atomic mass is 16.1. The van der Waals surface area contributed by atoms with E-state index in [0.717, 1.165) is 22.3 Å². The van der Waals surface area contributed by atoms with E-state index in [9.17, 15) is 9.59 Å². The molecule has 0 fully saturated rings. The lowest BCUT2D eigenvalue weighted by molar-refractivity contribution is 0.103. The van der Waals surface area contributed by atoms with E-state index in [-0.39, 0.29) is 11.6 Å². The molecule has 4 heteroatoms. The van der Waals surface area contributed by atoms with Crippen molar-refractivity contribution in [3.63, 3.8) is 0 Å². The van der Waals surface area contributed by atoms with Gasteiger partial charge in [0.2, 0.25) is 0 Å². The van der Waals surface area contributed by atoms with E-state index in [1.807, 2.05) is 100 Å². The van der Waals surface area contributed by atoms with Crippen LogP contribution in [-0.2, 0) is 0 Å². The SMILES string of the molecule is Cc1ccc(C(=O)c2ccc(C)cc2N)cc1.Cc1ccc(C(=O)c2ccc(C)cc2N)cc1. The molecular weight excluding hydrogens is 420 g/mol. The van der Waals surface area contributed by atoms with E-state index in [2.05, 4.69) is 0 Å². The maximum Gasteiger partial charge on any atom is 0.195 e. The predicted molar refractivity (Wildman–Crippen MR) is 140 cm³/mol. The number of nitrogens with two attached hydrogens (primary N) is 2. The van der Waals surface area contributed by atoms with Crippen LogP contribution in [0, 0.1) is 27.7 Å². The van der Waals surface area contributed by atoms with Gasteiger partial charge in [0.1, 0.15) is 0 Å². The maximum absolute atomic E-state index is 12.2. The summed E-state index contributed by atoms with van der Waals surface area (Å²) in [4.78, 5) is 24.4. The highest BCUT2D eigenvalue weighted by Crippen LogP contribution is 2.19. The van der Waals surface area contributed by atoms with Crippen LogP contribution in [0.4, 0.5) is 11.4 Å². The molecule has 0 heterocycles. The number of carbonyl (C=O) groups is 2. The molecular formula is C30H30N2O2. The Morgan fingerprint density at radius 1 is 0.471 bits per heavy atom. The highest BCUT2D eigenvalue weighted by Gasteiger charge is 2.12. The van der Waals surface area contributed by atoms with Crippen LogP contribution in [-0.4, -0.2) is 11.6 Å². The summed E-state index contributed by atoms with van der Waals surface area (Å²) in [6.07, 6.45) is 0. The topological polar surface area (TPSA) is 86.2 Å². The second-order valence-electron chi connectivity index (χ2n) is 8.57. The molecule has 4 N–H and O–H groups in total. The first-order valence-electron chi connectivity index (χ1n) is 11.1. The van der Waals surface area contributed by atoms with E-state index in [1.54, 1.807) is 12.1 Å². The van der Waals surface area contributed by atoms with Crippen molar-refractivity contribution in [3.8, 4) is 0 Å². The highest BCUT2D eigenvalue weighted by molar-refractivity contribution is 6.12. The Labute approximate surface area is 201 Å². The van der Waals surface area contributed by atoms with E-state index in [0.29, 0.717) is 33.6 Å². The van der Waals surface area contributed by atoms with Crippen molar-refractivity contribution in [1.29, 1.82) is 0 Å². The Morgan fingerprint density at radius 2 is 0.765 bits per heavy atom. The fourth-order valence-corrected chi connectivity index (χ4v) is 3.50. The Kier molecular flexibility index (Phi) is 7.64. The zero-order chi connectivity index (χ0) is 24.8. The number of aryl methyl sites for hydroxylation is 4. The predicted octanol–water partition coefficient (Wildman–Crippen LogP) is 6.23. The molecule has 0 spiro atoms. The van der Waals surface area contributed by atoms with Gasteiger partial charge in [-0.15, -0.1) is 0 Å². The van der Waals surface area contributed by atoms with E-state index < -0.39 is 0 Å². The molecule has 0 saturated heterocycles. The number of anilines is 2. The van der Waals surface area contributed by atoms with Gasteiger partial charge >= 0.3 is 0 Å². The first-order chi connectivity index (χ1) is 16.2. The fourth-order valence-electron chi connectivity index (χ4n) is 3.50. The molecule has 0 radical (unpaired) electrons. The number of benzene rings is 4. The number of ketones is 2. The molecule has 0 unspecified atom stereocenters. The average molecular weight is 451 g/mol. The summed E-state index contributed by atoms with van der Waals surface area (Å²) in [6.45, 7) is 7.90. The van der Waals surface area contributed by atoms with Crippen molar-refractivity contribution < 1.29 is 9.59 Å². The third kappa shape index (κ3) is 5.99. The van der Waals surface area contributed by atoms with Gasteiger partial charge in [-0.05, 0) is 63.1 Å². The van der Waals surface area contributed by atoms with Crippen LogP contribution < -0.4 is 11.5 Å². The van der Waals surface area contributed by atoms with Crippen LogP contribution in [0.5, 0.6) is 0 Å². The summed E-state index contributed by atoms with van der Waals surface area (Å²) >= 11 is 0. The van der Waals surface area contributed by atoms with Crippen LogP contribution in [0.3, 0.4) is 0 Å². The molecule has 0 amide bonds. The van der Waals surface area contributed by atoms with Gasteiger partial charge in [-0.25, -0.2) is 0 Å². The summed E-state index contributed by atoms with van der Waals surface area (Å²) in [5.41, 5.74) is 19.7. The third-order valence-electron chi connectivity index (χ3n) is 5.53. The number of rotatable bonds is 4. The quantitative estimate of drug-likeness (QED) is 0.285. The van der Waals surface area contributed by atoms with Crippen LogP contribution in [0.15, 0.2) is 84.9 Å². The van der Waals surface area contributed by atoms with Crippen molar-refractivity contribution in [3.05, 3.63) is 129 Å². The average Bonchev–Trinajstić information content (AvgIpc) is 2.80. The Bertz CT molecular complexity index is 1220. The lowest BCUT2D eigenvalue weighted by atomic mass is 10.00. The van der Waals surface area contributed by atoms with E-state index >= 15 is 0 Å². The van der Waals surface area contributed by atoms with Crippen molar-refractivity contribution >= 4 is 22.9 Å². The minimum atomic E-state index is -0.0255. The van der Waals surface area contributed by atoms with Crippen LogP contribution in [0.25, 0.3) is 0 Å². The molecule has 4 aromatic carbocycles. The van der Waals surface area contributed by atoms with E-state index in [4.69, 9.17) is 11.5 Å². The minimum Gasteiger partial charge on any atom is -0.398 e. The smallest absolute Gasteiger partial charge is 0.195 e. The van der Waals surface area contributed by atoms with Gasteiger partial charge in [-0.1, -0.05) is 71.8 Å². The maximum atomic E-state index is 12.2. The molecule has 0 bridgehead atoms. The van der Waals surface area contributed by atoms with Gasteiger partial charge in [0, 0.05) is 33.6 Å². The Morgan fingerprint density at radius 3 is 1.06 bits per heavy atom. The summed E-state index contributed by atoms with van der Waals surface area (Å²) in [7, 11) is 0. The number of hydrogen-bond donors (Lipinski definition) is 2. The lowest BCUT2D eigenvalue weighted by Crippen LogP contribution is -2.05. The zero-order valence-electron chi connectivity index (χ0n) is 20.1. The van der Waals surface area contributed by atoms with Crippen molar-refractivity contribution in [2.75, 3.05) is 11.5 Å². The molecule has 172 valence electrons. The van der Waals surface area contributed by atoms with E-state index in [1.165, 1.54) is 0 Å². The number of hydrogen-bond acceptors (Lipinski definition) is 4. The second-order valence-corrected chi connectivity index (χ2v) is 8.57. The molecule has 0 saturated carbocycles.